The zero-order valence-electron chi connectivity index (χ0n) is 7.88. The molecule has 1 saturated heterocycles. The normalized spacial score (nSPS) is 20.1. The molecule has 2 N–H and O–H groups in total. The van der Waals surface area contributed by atoms with Crippen LogP contribution in [0.2, 0.25) is 0 Å². The fourth-order valence-corrected chi connectivity index (χ4v) is 1.56. The number of para-hydroxylation sites is 1. The maximum absolute atomic E-state index is 11.1. The maximum atomic E-state index is 11.1. The smallest absolute Gasteiger partial charge is 0.328 e. The van der Waals surface area contributed by atoms with Crippen LogP contribution in [0.25, 0.3) is 0 Å². The lowest BCUT2D eigenvalue weighted by atomic mass is 10.2. The van der Waals surface area contributed by atoms with E-state index >= 15 is 0 Å². The monoisotopic (exact) mass is 206 g/mol. The summed E-state index contributed by atoms with van der Waals surface area (Å²) in [5, 5.41) is 10.3. The van der Waals surface area contributed by atoms with E-state index < -0.39 is 12.0 Å². The number of nitrogens with one attached hydrogen (secondary N) is 1. The van der Waals surface area contributed by atoms with Crippen LogP contribution in [-0.4, -0.2) is 23.0 Å². The van der Waals surface area contributed by atoms with Crippen LogP contribution in [-0.2, 0) is 9.59 Å². The number of nitrogens with zero attached hydrogens (tertiary/aromatic N) is 1. The first kappa shape index (κ1) is 9.51. The van der Waals surface area contributed by atoms with Gasteiger partial charge in [0.2, 0.25) is 5.91 Å². The SMILES string of the molecule is O=C1C[C@H](C(=O)O)N(c2ccccc2)N1. The van der Waals surface area contributed by atoms with Crippen molar-refractivity contribution < 1.29 is 14.7 Å². The summed E-state index contributed by atoms with van der Waals surface area (Å²) >= 11 is 0. The van der Waals surface area contributed by atoms with E-state index in [0.717, 1.165) is 0 Å². The molecular formula is C10H10N2O3. The van der Waals surface area contributed by atoms with Crippen LogP contribution in [0.15, 0.2) is 30.3 Å². The number of hydrazine groups is 1. The lowest BCUT2D eigenvalue weighted by Crippen LogP contribution is -2.42. The molecule has 1 atom stereocenters. The average Bonchev–Trinajstić information content (AvgIpc) is 2.62. The molecule has 0 saturated carbocycles. The summed E-state index contributed by atoms with van der Waals surface area (Å²) in [6.45, 7) is 0. The quantitative estimate of drug-likeness (QED) is 0.734. The third kappa shape index (κ3) is 1.76. The van der Waals surface area contributed by atoms with Gasteiger partial charge >= 0.3 is 5.97 Å². The molecular weight excluding hydrogens is 196 g/mol. The van der Waals surface area contributed by atoms with E-state index in [1.165, 1.54) is 5.01 Å². The van der Waals surface area contributed by atoms with Crippen molar-refractivity contribution in [1.29, 1.82) is 0 Å². The van der Waals surface area contributed by atoms with Gasteiger partial charge in [-0.25, -0.2) is 4.79 Å². The van der Waals surface area contributed by atoms with E-state index in [2.05, 4.69) is 5.43 Å². The number of rotatable bonds is 2. The number of carboxylic acid groups (broad SMARTS) is 1. The molecule has 0 radical (unpaired) electrons. The predicted octanol–water partition coefficient (Wildman–Crippen LogP) is 0.381. The second kappa shape index (κ2) is 3.61. The standard InChI is InChI=1S/C10H10N2O3/c13-9-6-8(10(14)15)12(11-9)7-4-2-1-3-5-7/h1-5,8H,6H2,(H,11,13)(H,14,15)/t8-/m1/s1. The van der Waals surface area contributed by atoms with Crippen LogP contribution >= 0.6 is 0 Å². The van der Waals surface area contributed by atoms with Gasteiger partial charge in [0, 0.05) is 0 Å². The summed E-state index contributed by atoms with van der Waals surface area (Å²) in [5.74, 6) is -1.27. The molecule has 5 heteroatoms. The van der Waals surface area contributed by atoms with Crippen LogP contribution < -0.4 is 10.4 Å². The molecule has 0 aliphatic carbocycles. The topological polar surface area (TPSA) is 69.6 Å². The second-order valence-corrected chi connectivity index (χ2v) is 3.30. The molecule has 1 aromatic carbocycles. The molecule has 1 aliphatic heterocycles. The molecule has 0 spiro atoms. The van der Waals surface area contributed by atoms with Crippen LogP contribution in [0.5, 0.6) is 0 Å². The molecule has 2 rings (SSSR count). The highest BCUT2D eigenvalue weighted by Gasteiger charge is 2.35. The summed E-state index contributed by atoms with van der Waals surface area (Å²) < 4.78 is 0. The Kier molecular flexibility index (Phi) is 2.29. The molecule has 0 aromatic heterocycles. The van der Waals surface area contributed by atoms with Crippen molar-refractivity contribution >= 4 is 17.6 Å². The highest BCUT2D eigenvalue weighted by Crippen LogP contribution is 2.20. The number of aliphatic carboxylic acids is 1. The van der Waals surface area contributed by atoms with Crippen molar-refractivity contribution in [3.63, 3.8) is 0 Å². The van der Waals surface area contributed by atoms with Gasteiger partial charge in [-0.15, -0.1) is 0 Å². The first-order valence-corrected chi connectivity index (χ1v) is 4.55. The Morgan fingerprint density at radius 2 is 2.07 bits per heavy atom. The molecule has 0 unspecified atom stereocenters. The van der Waals surface area contributed by atoms with E-state index in [9.17, 15) is 9.59 Å². The van der Waals surface area contributed by atoms with Gasteiger partial charge in [0.1, 0.15) is 0 Å². The number of carbonyl (C=O) groups is 2. The zero-order chi connectivity index (χ0) is 10.8. The van der Waals surface area contributed by atoms with E-state index in [4.69, 9.17) is 5.11 Å². The van der Waals surface area contributed by atoms with Crippen molar-refractivity contribution in [2.24, 2.45) is 0 Å². The highest BCUT2D eigenvalue weighted by atomic mass is 16.4. The summed E-state index contributed by atoms with van der Waals surface area (Å²) in [4.78, 5) is 22.0. The summed E-state index contributed by atoms with van der Waals surface area (Å²) in [6.07, 6.45) is -0.00969. The number of hydrogen-bond acceptors (Lipinski definition) is 3. The summed E-state index contributed by atoms with van der Waals surface area (Å²) in [5.41, 5.74) is 3.19. The molecule has 1 amide bonds. The van der Waals surface area contributed by atoms with Gasteiger partial charge in [-0.1, -0.05) is 18.2 Å². The van der Waals surface area contributed by atoms with Gasteiger partial charge in [-0.3, -0.25) is 15.2 Å². The molecule has 1 aromatic rings. The van der Waals surface area contributed by atoms with Gasteiger partial charge in [0.25, 0.3) is 0 Å². The Bertz CT molecular complexity index is 391. The summed E-state index contributed by atoms with van der Waals surface area (Å²) in [7, 11) is 0. The van der Waals surface area contributed by atoms with E-state index in [1.807, 2.05) is 6.07 Å². The summed E-state index contributed by atoms with van der Waals surface area (Å²) in [6, 6.07) is 8.09. The third-order valence-corrected chi connectivity index (χ3v) is 2.25. The number of anilines is 1. The molecule has 1 aliphatic rings. The zero-order valence-corrected chi connectivity index (χ0v) is 7.88. The highest BCUT2D eigenvalue weighted by molar-refractivity contribution is 5.92. The van der Waals surface area contributed by atoms with Crippen molar-refractivity contribution in [2.75, 3.05) is 5.01 Å². The van der Waals surface area contributed by atoms with Crippen LogP contribution in [0.1, 0.15) is 6.42 Å². The molecule has 0 bridgehead atoms. The fraction of sp³-hybridized carbons (Fsp3) is 0.200. The number of hydrogen-bond donors (Lipinski definition) is 2. The Labute approximate surface area is 86.3 Å². The van der Waals surface area contributed by atoms with Crippen molar-refractivity contribution in [3.05, 3.63) is 30.3 Å². The lowest BCUT2D eigenvalue weighted by Gasteiger charge is -2.22. The van der Waals surface area contributed by atoms with Crippen molar-refractivity contribution in [1.82, 2.24) is 5.43 Å². The van der Waals surface area contributed by atoms with Gasteiger partial charge in [-0.05, 0) is 12.1 Å². The Hall–Kier alpha value is -2.04. The number of benzene rings is 1. The number of amides is 1. The molecule has 78 valence electrons. The van der Waals surface area contributed by atoms with Crippen molar-refractivity contribution in [2.45, 2.75) is 12.5 Å². The minimum atomic E-state index is -1.00. The van der Waals surface area contributed by atoms with E-state index in [0.29, 0.717) is 5.69 Å². The number of carboxylic acids is 1. The Morgan fingerprint density at radius 1 is 1.40 bits per heavy atom. The first-order chi connectivity index (χ1) is 7.18. The second-order valence-electron chi connectivity index (χ2n) is 3.30. The minimum Gasteiger partial charge on any atom is -0.480 e. The van der Waals surface area contributed by atoms with Crippen molar-refractivity contribution in [3.8, 4) is 0 Å². The molecule has 1 heterocycles. The molecule has 5 nitrogen and oxygen atoms in total. The average molecular weight is 206 g/mol. The maximum Gasteiger partial charge on any atom is 0.328 e. The van der Waals surface area contributed by atoms with Gasteiger partial charge in [0.15, 0.2) is 6.04 Å². The fourth-order valence-electron chi connectivity index (χ4n) is 1.56. The van der Waals surface area contributed by atoms with E-state index in [1.54, 1.807) is 24.3 Å². The van der Waals surface area contributed by atoms with Gasteiger partial charge in [0.05, 0.1) is 12.1 Å². The molecule has 15 heavy (non-hydrogen) atoms. The van der Waals surface area contributed by atoms with Crippen LogP contribution in [0, 0.1) is 0 Å². The molecule has 1 fully saturated rings. The Balaban J connectivity index is 2.28. The van der Waals surface area contributed by atoms with Crippen LogP contribution in [0.4, 0.5) is 5.69 Å². The largest absolute Gasteiger partial charge is 0.480 e. The van der Waals surface area contributed by atoms with Gasteiger partial charge < -0.3 is 5.11 Å². The predicted molar refractivity (Wildman–Crippen MR) is 53.1 cm³/mol. The third-order valence-electron chi connectivity index (χ3n) is 2.25. The van der Waals surface area contributed by atoms with Gasteiger partial charge in [-0.2, -0.15) is 0 Å². The number of carbonyl (C=O) groups excluding carboxylic acids is 1. The first-order valence-electron chi connectivity index (χ1n) is 4.55. The Morgan fingerprint density at radius 3 is 2.67 bits per heavy atom. The van der Waals surface area contributed by atoms with E-state index in [-0.39, 0.29) is 12.3 Å². The van der Waals surface area contributed by atoms with Crippen LogP contribution in [0.3, 0.4) is 0 Å². The lowest BCUT2D eigenvalue weighted by molar-refractivity contribution is -0.138. The minimum absolute atomic E-state index is 0.00969.